The zero-order valence-corrected chi connectivity index (χ0v) is 14.2. The summed E-state index contributed by atoms with van der Waals surface area (Å²) >= 11 is 0. The third-order valence-corrected chi connectivity index (χ3v) is 4.09. The van der Waals surface area contributed by atoms with Crippen molar-refractivity contribution in [1.82, 2.24) is 0 Å². The summed E-state index contributed by atoms with van der Waals surface area (Å²) in [7, 11) is 0. The Balaban J connectivity index is 1.75. The van der Waals surface area contributed by atoms with Crippen LogP contribution < -0.4 is 9.47 Å². The Morgan fingerprint density at radius 2 is 0.958 bits per heavy atom. The number of hydrogen-bond donors (Lipinski definition) is 0. The minimum atomic E-state index is 0.540. The number of ether oxygens (including phenoxy) is 2. The van der Waals surface area contributed by atoms with E-state index < -0.39 is 0 Å². The van der Waals surface area contributed by atoms with Crippen LogP contribution in [-0.4, -0.2) is 0 Å². The van der Waals surface area contributed by atoms with Crippen LogP contribution in [0.15, 0.2) is 72.8 Å². The molecule has 3 aromatic rings. The van der Waals surface area contributed by atoms with Gasteiger partial charge in [-0.25, -0.2) is 0 Å². The van der Waals surface area contributed by atoms with Crippen LogP contribution in [0.4, 0.5) is 0 Å². The van der Waals surface area contributed by atoms with Gasteiger partial charge < -0.3 is 9.47 Å². The minimum absolute atomic E-state index is 0.540. The number of benzene rings is 3. The summed E-state index contributed by atoms with van der Waals surface area (Å²) in [6.07, 6.45) is 0. The van der Waals surface area contributed by atoms with Gasteiger partial charge in [-0.15, -0.1) is 0 Å². The third kappa shape index (κ3) is 4.17. The molecule has 0 aromatic heterocycles. The van der Waals surface area contributed by atoms with Crippen LogP contribution in [0.5, 0.6) is 11.5 Å². The molecule has 3 rings (SSSR count). The summed E-state index contributed by atoms with van der Waals surface area (Å²) in [4.78, 5) is 0. The highest BCUT2D eigenvalue weighted by Gasteiger charge is 2.08. The van der Waals surface area contributed by atoms with E-state index in [0.717, 1.165) is 22.6 Å². The quantitative estimate of drug-likeness (QED) is 0.600. The van der Waals surface area contributed by atoms with Crippen LogP contribution in [0.25, 0.3) is 0 Å². The number of aryl methyl sites for hydroxylation is 2. The van der Waals surface area contributed by atoms with E-state index in [1.54, 1.807) is 0 Å². The van der Waals surface area contributed by atoms with Gasteiger partial charge >= 0.3 is 0 Å². The summed E-state index contributed by atoms with van der Waals surface area (Å²) in [5.41, 5.74) is 4.87. The van der Waals surface area contributed by atoms with E-state index >= 15 is 0 Å². The largest absolute Gasteiger partial charge is 0.489 e. The molecule has 2 nitrogen and oxygen atoms in total. The van der Waals surface area contributed by atoms with Gasteiger partial charge in [0.25, 0.3) is 0 Å². The summed E-state index contributed by atoms with van der Waals surface area (Å²) in [5.74, 6) is 1.76. The van der Waals surface area contributed by atoms with E-state index in [0.29, 0.717) is 13.2 Å². The number of rotatable bonds is 6. The maximum atomic E-state index is 5.92. The monoisotopic (exact) mass is 318 g/mol. The highest BCUT2D eigenvalue weighted by atomic mass is 16.5. The van der Waals surface area contributed by atoms with Gasteiger partial charge in [0.05, 0.1) is 0 Å². The molecule has 122 valence electrons. The van der Waals surface area contributed by atoms with Crippen molar-refractivity contribution in [3.8, 4) is 11.5 Å². The first-order chi connectivity index (χ1) is 11.7. The molecule has 0 saturated carbocycles. The normalized spacial score (nSPS) is 10.4. The molecule has 0 spiro atoms. The summed E-state index contributed by atoms with van der Waals surface area (Å²) in [6.45, 7) is 5.34. The van der Waals surface area contributed by atoms with E-state index in [1.807, 2.05) is 60.7 Å². The fourth-order valence-electron chi connectivity index (χ4n) is 2.56. The molecule has 0 unspecified atom stereocenters. The van der Waals surface area contributed by atoms with E-state index in [-0.39, 0.29) is 0 Å². The maximum absolute atomic E-state index is 5.92. The van der Waals surface area contributed by atoms with E-state index in [9.17, 15) is 0 Å². The van der Waals surface area contributed by atoms with Crippen molar-refractivity contribution in [2.24, 2.45) is 0 Å². The molecule has 0 radical (unpaired) electrons. The van der Waals surface area contributed by atoms with Gasteiger partial charge in [-0.2, -0.15) is 0 Å². The van der Waals surface area contributed by atoms with Crippen molar-refractivity contribution >= 4 is 0 Å². The van der Waals surface area contributed by atoms with Gasteiger partial charge in [0.1, 0.15) is 24.7 Å². The molecule has 0 amide bonds. The Morgan fingerprint density at radius 1 is 0.583 bits per heavy atom. The number of hydrogen-bond acceptors (Lipinski definition) is 2. The van der Waals surface area contributed by atoms with Gasteiger partial charge in [0, 0.05) is 0 Å². The Morgan fingerprint density at radius 3 is 1.33 bits per heavy atom. The summed E-state index contributed by atoms with van der Waals surface area (Å²) in [6, 6.07) is 24.2. The molecule has 0 aliphatic rings. The van der Waals surface area contributed by atoms with Crippen LogP contribution in [0.1, 0.15) is 22.3 Å². The second-order valence-electron chi connectivity index (χ2n) is 5.91. The SMILES string of the molecule is Cc1cc(COc2ccccc2)c(COc2ccccc2)cc1C. The minimum Gasteiger partial charge on any atom is -0.489 e. The fraction of sp³-hybridized carbons (Fsp3) is 0.182. The Bertz CT molecular complexity index is 711. The predicted molar refractivity (Wildman–Crippen MR) is 97.5 cm³/mol. The molecule has 0 fully saturated rings. The first kappa shape index (κ1) is 16.1. The van der Waals surface area contributed by atoms with Gasteiger partial charge in [-0.1, -0.05) is 48.5 Å². The molecule has 0 atom stereocenters. The van der Waals surface area contributed by atoms with E-state index in [2.05, 4.69) is 26.0 Å². The average Bonchev–Trinajstić information content (AvgIpc) is 2.63. The molecule has 0 aliphatic carbocycles. The first-order valence-electron chi connectivity index (χ1n) is 8.17. The lowest BCUT2D eigenvalue weighted by atomic mass is 10.0. The molecule has 3 aromatic carbocycles. The lowest BCUT2D eigenvalue weighted by Crippen LogP contribution is -2.05. The molecule has 0 heterocycles. The lowest BCUT2D eigenvalue weighted by molar-refractivity contribution is 0.285. The van der Waals surface area contributed by atoms with Crippen molar-refractivity contribution in [2.45, 2.75) is 27.1 Å². The maximum Gasteiger partial charge on any atom is 0.119 e. The van der Waals surface area contributed by atoms with E-state index in [4.69, 9.17) is 9.47 Å². The topological polar surface area (TPSA) is 18.5 Å². The van der Waals surface area contributed by atoms with Crippen LogP contribution in [-0.2, 0) is 13.2 Å². The van der Waals surface area contributed by atoms with Crippen LogP contribution in [0, 0.1) is 13.8 Å². The molecule has 0 N–H and O–H groups in total. The van der Waals surface area contributed by atoms with Gasteiger partial charge in [0.2, 0.25) is 0 Å². The van der Waals surface area contributed by atoms with E-state index in [1.165, 1.54) is 11.1 Å². The average molecular weight is 318 g/mol. The number of para-hydroxylation sites is 2. The van der Waals surface area contributed by atoms with Crippen LogP contribution >= 0.6 is 0 Å². The van der Waals surface area contributed by atoms with Crippen molar-refractivity contribution < 1.29 is 9.47 Å². The molecular formula is C22H22O2. The third-order valence-electron chi connectivity index (χ3n) is 4.09. The highest BCUT2D eigenvalue weighted by molar-refractivity contribution is 5.37. The molecule has 2 heteroatoms. The smallest absolute Gasteiger partial charge is 0.119 e. The molecule has 0 saturated heterocycles. The second-order valence-corrected chi connectivity index (χ2v) is 5.91. The predicted octanol–water partition coefficient (Wildman–Crippen LogP) is 5.46. The fourth-order valence-corrected chi connectivity index (χ4v) is 2.56. The molecule has 0 aliphatic heterocycles. The Kier molecular flexibility index (Phi) is 5.17. The van der Waals surface area contributed by atoms with Crippen molar-refractivity contribution in [3.63, 3.8) is 0 Å². The molecule has 24 heavy (non-hydrogen) atoms. The van der Waals surface area contributed by atoms with Gasteiger partial charge in [0.15, 0.2) is 0 Å². The van der Waals surface area contributed by atoms with Crippen LogP contribution in [0.2, 0.25) is 0 Å². The summed E-state index contributed by atoms with van der Waals surface area (Å²) in [5, 5.41) is 0. The lowest BCUT2D eigenvalue weighted by Gasteiger charge is -2.15. The highest BCUT2D eigenvalue weighted by Crippen LogP contribution is 2.21. The second kappa shape index (κ2) is 7.69. The molecule has 0 bridgehead atoms. The van der Waals surface area contributed by atoms with Crippen molar-refractivity contribution in [2.75, 3.05) is 0 Å². The van der Waals surface area contributed by atoms with Gasteiger partial charge in [-0.3, -0.25) is 0 Å². The first-order valence-corrected chi connectivity index (χ1v) is 8.17. The zero-order valence-electron chi connectivity index (χ0n) is 14.2. The summed E-state index contributed by atoms with van der Waals surface area (Å²) < 4.78 is 11.8. The van der Waals surface area contributed by atoms with Crippen LogP contribution in [0.3, 0.4) is 0 Å². The Hall–Kier alpha value is -2.74. The van der Waals surface area contributed by atoms with Crippen molar-refractivity contribution in [3.05, 3.63) is 95.1 Å². The zero-order chi connectivity index (χ0) is 16.8. The van der Waals surface area contributed by atoms with Crippen molar-refractivity contribution in [1.29, 1.82) is 0 Å². The standard InChI is InChI=1S/C22H22O2/c1-17-13-19(15-23-21-9-5-3-6-10-21)20(14-18(17)2)16-24-22-11-7-4-8-12-22/h3-14H,15-16H2,1-2H3. The Labute approximate surface area is 143 Å². The molecular weight excluding hydrogens is 296 g/mol. The van der Waals surface area contributed by atoms with Gasteiger partial charge in [-0.05, 0) is 60.4 Å².